The van der Waals surface area contributed by atoms with Crippen LogP contribution in [0.5, 0.6) is 0 Å². The first-order valence-corrected chi connectivity index (χ1v) is 6.84. The van der Waals surface area contributed by atoms with Crippen LogP contribution in [0, 0.1) is 5.92 Å². The number of nitrogens with zero attached hydrogens (tertiary/aromatic N) is 2. The van der Waals surface area contributed by atoms with Crippen molar-refractivity contribution in [3.8, 4) is 0 Å². The summed E-state index contributed by atoms with van der Waals surface area (Å²) in [5, 5.41) is 8.84. The number of carboxylic acids is 1. The molecule has 18 heavy (non-hydrogen) atoms. The molecule has 1 rings (SSSR count). The van der Waals surface area contributed by atoms with Gasteiger partial charge in [0, 0.05) is 19.6 Å². The molecule has 5 heteroatoms. The Hall–Kier alpha value is -1.26. The molecule has 0 aliphatic carbocycles. The van der Waals surface area contributed by atoms with Crippen molar-refractivity contribution in [1.82, 2.24) is 9.80 Å². The van der Waals surface area contributed by atoms with Crippen molar-refractivity contribution < 1.29 is 14.7 Å². The Labute approximate surface area is 109 Å². The third kappa shape index (κ3) is 4.20. The molecule has 0 radical (unpaired) electrons. The SMILES string of the molecule is CCCN(CC(=O)O)C(=O)N1CCCC(CC)C1. The lowest BCUT2D eigenvalue weighted by molar-refractivity contribution is -0.137. The summed E-state index contributed by atoms with van der Waals surface area (Å²) in [6.45, 7) is 5.94. The lowest BCUT2D eigenvalue weighted by Gasteiger charge is -2.35. The quantitative estimate of drug-likeness (QED) is 0.818. The van der Waals surface area contributed by atoms with Crippen LogP contribution in [0.15, 0.2) is 0 Å². The van der Waals surface area contributed by atoms with Gasteiger partial charge in [-0.2, -0.15) is 0 Å². The standard InChI is InChI=1S/C13H24N2O3/c1-3-7-14(10-12(16)17)13(18)15-8-5-6-11(4-2)9-15/h11H,3-10H2,1-2H3,(H,16,17). The zero-order valence-corrected chi connectivity index (χ0v) is 11.4. The highest BCUT2D eigenvalue weighted by Crippen LogP contribution is 2.20. The Kier molecular flexibility index (Phi) is 5.95. The second-order valence-corrected chi connectivity index (χ2v) is 4.96. The highest BCUT2D eigenvalue weighted by molar-refractivity contribution is 5.80. The van der Waals surface area contributed by atoms with Crippen LogP contribution >= 0.6 is 0 Å². The molecule has 1 saturated heterocycles. The maximum Gasteiger partial charge on any atom is 0.323 e. The largest absolute Gasteiger partial charge is 0.480 e. The van der Waals surface area contributed by atoms with Gasteiger partial charge in [0.15, 0.2) is 0 Å². The van der Waals surface area contributed by atoms with E-state index in [0.29, 0.717) is 12.5 Å². The predicted molar refractivity (Wildman–Crippen MR) is 69.5 cm³/mol. The minimum absolute atomic E-state index is 0.114. The van der Waals surface area contributed by atoms with E-state index in [2.05, 4.69) is 6.92 Å². The second-order valence-electron chi connectivity index (χ2n) is 4.96. The molecule has 0 bridgehead atoms. The molecular formula is C13H24N2O3. The summed E-state index contributed by atoms with van der Waals surface area (Å²) in [6, 6.07) is -0.114. The highest BCUT2D eigenvalue weighted by Gasteiger charge is 2.26. The van der Waals surface area contributed by atoms with Gasteiger partial charge >= 0.3 is 12.0 Å². The molecule has 1 fully saturated rings. The Balaban J connectivity index is 2.60. The fraction of sp³-hybridized carbons (Fsp3) is 0.846. The Morgan fingerprint density at radius 3 is 2.67 bits per heavy atom. The van der Waals surface area contributed by atoms with Gasteiger partial charge in [0.2, 0.25) is 0 Å². The first-order valence-electron chi connectivity index (χ1n) is 6.84. The summed E-state index contributed by atoms with van der Waals surface area (Å²) in [5.74, 6) is -0.378. The van der Waals surface area contributed by atoms with Crippen molar-refractivity contribution in [3.63, 3.8) is 0 Å². The summed E-state index contributed by atoms with van der Waals surface area (Å²) < 4.78 is 0. The van der Waals surface area contributed by atoms with Crippen LogP contribution in [0.2, 0.25) is 0 Å². The maximum atomic E-state index is 12.3. The van der Waals surface area contributed by atoms with Gasteiger partial charge in [-0.15, -0.1) is 0 Å². The zero-order chi connectivity index (χ0) is 13.5. The van der Waals surface area contributed by atoms with E-state index in [-0.39, 0.29) is 12.6 Å². The number of amides is 2. The summed E-state index contributed by atoms with van der Waals surface area (Å²) in [4.78, 5) is 26.3. The molecule has 1 aliphatic heterocycles. The van der Waals surface area contributed by atoms with Gasteiger partial charge in [0.1, 0.15) is 6.54 Å². The van der Waals surface area contributed by atoms with Crippen molar-refractivity contribution in [2.45, 2.75) is 39.5 Å². The summed E-state index contributed by atoms with van der Waals surface area (Å²) >= 11 is 0. The van der Waals surface area contributed by atoms with Crippen molar-refractivity contribution in [2.24, 2.45) is 5.92 Å². The van der Waals surface area contributed by atoms with Gasteiger partial charge in [0.25, 0.3) is 0 Å². The van der Waals surface area contributed by atoms with E-state index < -0.39 is 5.97 Å². The number of aliphatic carboxylic acids is 1. The number of urea groups is 1. The van der Waals surface area contributed by atoms with Crippen LogP contribution in [-0.2, 0) is 4.79 Å². The van der Waals surface area contributed by atoms with Crippen LogP contribution in [0.25, 0.3) is 0 Å². The summed E-state index contributed by atoms with van der Waals surface area (Å²) in [6.07, 6.45) is 4.06. The van der Waals surface area contributed by atoms with Gasteiger partial charge in [-0.05, 0) is 25.2 Å². The minimum Gasteiger partial charge on any atom is -0.480 e. The fourth-order valence-electron chi connectivity index (χ4n) is 2.45. The normalized spacial score (nSPS) is 19.7. The average molecular weight is 256 g/mol. The van der Waals surface area contributed by atoms with Crippen LogP contribution in [0.1, 0.15) is 39.5 Å². The molecule has 0 aromatic heterocycles. The van der Waals surface area contributed by atoms with Crippen LogP contribution in [0.4, 0.5) is 4.79 Å². The van der Waals surface area contributed by atoms with Crippen LogP contribution in [-0.4, -0.2) is 53.1 Å². The number of carbonyl (C=O) groups excluding carboxylic acids is 1. The first kappa shape index (κ1) is 14.8. The molecule has 0 saturated carbocycles. The van der Waals surface area contributed by atoms with Gasteiger partial charge in [-0.1, -0.05) is 20.3 Å². The Morgan fingerprint density at radius 2 is 2.11 bits per heavy atom. The number of rotatable bonds is 5. The monoisotopic (exact) mass is 256 g/mol. The van der Waals surface area contributed by atoms with E-state index in [1.165, 1.54) is 11.3 Å². The molecule has 1 aliphatic rings. The van der Waals surface area contributed by atoms with E-state index in [4.69, 9.17) is 5.11 Å². The van der Waals surface area contributed by atoms with E-state index in [1.54, 1.807) is 0 Å². The van der Waals surface area contributed by atoms with Crippen LogP contribution in [0.3, 0.4) is 0 Å². The Morgan fingerprint density at radius 1 is 1.39 bits per heavy atom. The molecule has 0 aromatic rings. The molecule has 1 heterocycles. The molecule has 104 valence electrons. The smallest absolute Gasteiger partial charge is 0.323 e. The molecule has 5 nitrogen and oxygen atoms in total. The van der Waals surface area contributed by atoms with E-state index >= 15 is 0 Å². The fourth-order valence-corrected chi connectivity index (χ4v) is 2.45. The molecule has 0 spiro atoms. The molecule has 1 unspecified atom stereocenters. The molecule has 1 N–H and O–H groups in total. The first-order chi connectivity index (χ1) is 8.58. The third-order valence-corrected chi connectivity index (χ3v) is 3.46. The van der Waals surface area contributed by atoms with Gasteiger partial charge in [-0.25, -0.2) is 4.79 Å². The maximum absolute atomic E-state index is 12.3. The van der Waals surface area contributed by atoms with Crippen molar-refractivity contribution in [1.29, 1.82) is 0 Å². The molecule has 1 atom stereocenters. The van der Waals surface area contributed by atoms with Crippen LogP contribution < -0.4 is 0 Å². The van der Waals surface area contributed by atoms with Gasteiger partial charge in [-0.3, -0.25) is 4.79 Å². The van der Waals surface area contributed by atoms with E-state index in [9.17, 15) is 9.59 Å². The highest BCUT2D eigenvalue weighted by atomic mass is 16.4. The molecule has 0 aromatic carbocycles. The van der Waals surface area contributed by atoms with Gasteiger partial charge in [0.05, 0.1) is 0 Å². The number of likely N-dealkylation sites (tertiary alicyclic amines) is 1. The zero-order valence-electron chi connectivity index (χ0n) is 11.4. The van der Waals surface area contributed by atoms with Crippen molar-refractivity contribution in [2.75, 3.05) is 26.2 Å². The lowest BCUT2D eigenvalue weighted by atomic mass is 9.96. The second kappa shape index (κ2) is 7.24. The van der Waals surface area contributed by atoms with E-state index in [0.717, 1.165) is 32.4 Å². The Bertz CT molecular complexity index is 294. The average Bonchev–Trinajstić information content (AvgIpc) is 2.37. The van der Waals surface area contributed by atoms with E-state index in [1.807, 2.05) is 11.8 Å². The topological polar surface area (TPSA) is 60.9 Å². The third-order valence-electron chi connectivity index (χ3n) is 3.46. The summed E-state index contributed by atoms with van der Waals surface area (Å²) in [5.41, 5.74) is 0. The minimum atomic E-state index is -0.944. The van der Waals surface area contributed by atoms with Crippen molar-refractivity contribution >= 4 is 12.0 Å². The molecule has 2 amide bonds. The molecular weight excluding hydrogens is 232 g/mol. The number of carboxylic acid groups (broad SMARTS) is 1. The summed E-state index contributed by atoms with van der Waals surface area (Å²) in [7, 11) is 0. The number of carbonyl (C=O) groups is 2. The van der Waals surface area contributed by atoms with Gasteiger partial charge < -0.3 is 14.9 Å². The lowest BCUT2D eigenvalue weighted by Crippen LogP contribution is -2.49. The number of hydrogen-bond donors (Lipinski definition) is 1. The number of piperidine rings is 1. The predicted octanol–water partition coefficient (Wildman–Crippen LogP) is 2.02. The number of hydrogen-bond acceptors (Lipinski definition) is 2. The van der Waals surface area contributed by atoms with Crippen molar-refractivity contribution in [3.05, 3.63) is 0 Å².